The second-order valence-corrected chi connectivity index (χ2v) is 4.93. The summed E-state index contributed by atoms with van der Waals surface area (Å²) >= 11 is 0. The average Bonchev–Trinajstić information content (AvgIpc) is 2.94. The molecule has 2 aromatic carbocycles. The highest BCUT2D eigenvalue weighted by Gasteiger charge is 2.06. The topological polar surface area (TPSA) is 69.2 Å². The molecule has 0 spiro atoms. The predicted molar refractivity (Wildman–Crippen MR) is 82.4 cm³/mol. The molecule has 0 radical (unpaired) electrons. The number of fused-ring (bicyclic) bond motifs is 1. The molecule has 2 N–H and O–H groups in total. The molecule has 5 heteroatoms. The minimum absolute atomic E-state index is 0.0144. The number of carboxylic acid groups (broad SMARTS) is 1. The summed E-state index contributed by atoms with van der Waals surface area (Å²) in [4.78, 5) is 19.7. The van der Waals surface area contributed by atoms with Crippen LogP contribution in [0.4, 0.5) is 5.69 Å². The highest BCUT2D eigenvalue weighted by molar-refractivity contribution is 5.82. The number of imidazole rings is 1. The zero-order chi connectivity index (χ0) is 14.8. The van der Waals surface area contributed by atoms with Crippen LogP contribution < -0.4 is 4.90 Å². The number of nitrogens with one attached hydrogen (secondary N) is 1. The summed E-state index contributed by atoms with van der Waals surface area (Å²) < 4.78 is 0. The van der Waals surface area contributed by atoms with Crippen molar-refractivity contribution < 1.29 is 9.90 Å². The number of carbonyl (C=O) groups is 1. The first-order valence-corrected chi connectivity index (χ1v) is 6.60. The summed E-state index contributed by atoms with van der Waals surface area (Å²) in [6, 6.07) is 13.9. The summed E-state index contributed by atoms with van der Waals surface area (Å²) in [6.07, 6.45) is 1.68. The van der Waals surface area contributed by atoms with E-state index < -0.39 is 5.97 Å². The predicted octanol–water partition coefficient (Wildman–Crippen LogP) is 2.75. The number of hydrogen-bond donors (Lipinski definition) is 2. The molecule has 1 heterocycles. The Morgan fingerprint density at radius 1 is 1.19 bits per heavy atom. The molecular weight excluding hydrogens is 266 g/mol. The van der Waals surface area contributed by atoms with Gasteiger partial charge in [0, 0.05) is 12.7 Å². The lowest BCUT2D eigenvalue weighted by molar-refractivity contribution is -0.135. The van der Waals surface area contributed by atoms with Crippen molar-refractivity contribution in [2.45, 2.75) is 0 Å². The van der Waals surface area contributed by atoms with Crippen molar-refractivity contribution in [2.24, 2.45) is 0 Å². The molecule has 0 unspecified atom stereocenters. The molecule has 106 valence electrons. The van der Waals surface area contributed by atoms with E-state index in [2.05, 4.69) is 16.0 Å². The lowest BCUT2D eigenvalue weighted by Gasteiger charge is -2.17. The van der Waals surface area contributed by atoms with Gasteiger partial charge in [-0.3, -0.25) is 4.79 Å². The number of aliphatic carboxylic acids is 1. The van der Waals surface area contributed by atoms with Crippen LogP contribution in [0.1, 0.15) is 0 Å². The van der Waals surface area contributed by atoms with Crippen LogP contribution in [-0.2, 0) is 4.79 Å². The lowest BCUT2D eigenvalue weighted by atomic mass is 10.0. The van der Waals surface area contributed by atoms with E-state index in [1.165, 1.54) is 0 Å². The first-order chi connectivity index (χ1) is 10.1. The second-order valence-electron chi connectivity index (χ2n) is 4.93. The molecule has 0 saturated heterocycles. The van der Waals surface area contributed by atoms with E-state index in [0.29, 0.717) is 0 Å². The largest absolute Gasteiger partial charge is 0.480 e. The number of hydrogen-bond acceptors (Lipinski definition) is 3. The van der Waals surface area contributed by atoms with Crippen LogP contribution in [0.15, 0.2) is 48.8 Å². The molecule has 3 rings (SSSR count). The second kappa shape index (κ2) is 5.28. The molecule has 0 bridgehead atoms. The number of likely N-dealkylation sites (N-methyl/N-ethyl adjacent to an activating group) is 1. The zero-order valence-corrected chi connectivity index (χ0v) is 11.6. The zero-order valence-electron chi connectivity index (χ0n) is 11.6. The van der Waals surface area contributed by atoms with Gasteiger partial charge in [-0.1, -0.05) is 18.2 Å². The lowest BCUT2D eigenvalue weighted by Crippen LogP contribution is -2.24. The molecule has 0 saturated carbocycles. The van der Waals surface area contributed by atoms with Gasteiger partial charge in [-0.15, -0.1) is 0 Å². The summed E-state index contributed by atoms with van der Waals surface area (Å²) in [5.74, 6) is -0.841. The first-order valence-electron chi connectivity index (χ1n) is 6.60. The van der Waals surface area contributed by atoms with E-state index in [1.54, 1.807) is 18.3 Å². The number of aromatic amines is 1. The highest BCUT2D eigenvalue weighted by Crippen LogP contribution is 2.25. The Balaban J connectivity index is 1.87. The van der Waals surface area contributed by atoms with Gasteiger partial charge in [0.25, 0.3) is 0 Å². The molecule has 0 aliphatic carbocycles. The SMILES string of the molecule is CN(CC(=O)O)c1ccc(-c2ccc3nc[nH]c3c2)cc1. The maximum Gasteiger partial charge on any atom is 0.323 e. The molecule has 0 aliphatic heterocycles. The smallest absolute Gasteiger partial charge is 0.323 e. The van der Waals surface area contributed by atoms with Gasteiger partial charge in [0.15, 0.2) is 0 Å². The number of H-pyrrole nitrogens is 1. The fourth-order valence-electron chi connectivity index (χ4n) is 2.32. The number of anilines is 1. The van der Waals surface area contributed by atoms with E-state index in [1.807, 2.05) is 36.4 Å². The Kier molecular flexibility index (Phi) is 3.31. The number of benzene rings is 2. The Labute approximate surface area is 121 Å². The third-order valence-electron chi connectivity index (χ3n) is 3.43. The molecular formula is C16H15N3O2. The monoisotopic (exact) mass is 281 g/mol. The van der Waals surface area contributed by atoms with Crippen LogP contribution in [0.5, 0.6) is 0 Å². The van der Waals surface area contributed by atoms with Crippen molar-refractivity contribution in [2.75, 3.05) is 18.5 Å². The van der Waals surface area contributed by atoms with Crippen LogP contribution in [0, 0.1) is 0 Å². The Hall–Kier alpha value is -2.82. The average molecular weight is 281 g/mol. The first kappa shape index (κ1) is 13.2. The molecule has 0 aliphatic rings. The van der Waals surface area contributed by atoms with Gasteiger partial charge in [0.2, 0.25) is 0 Å². The van der Waals surface area contributed by atoms with Crippen LogP contribution >= 0.6 is 0 Å². The normalized spacial score (nSPS) is 10.7. The number of rotatable bonds is 4. The third-order valence-corrected chi connectivity index (χ3v) is 3.43. The summed E-state index contributed by atoms with van der Waals surface area (Å²) in [5, 5.41) is 8.81. The van der Waals surface area contributed by atoms with Gasteiger partial charge in [-0.25, -0.2) is 4.98 Å². The minimum atomic E-state index is -0.841. The molecule has 0 atom stereocenters. The van der Waals surface area contributed by atoms with Gasteiger partial charge < -0.3 is 15.0 Å². The molecule has 0 amide bonds. The molecule has 21 heavy (non-hydrogen) atoms. The van der Waals surface area contributed by atoms with E-state index >= 15 is 0 Å². The number of aromatic nitrogens is 2. The van der Waals surface area contributed by atoms with Crippen molar-refractivity contribution in [1.29, 1.82) is 0 Å². The summed E-state index contributed by atoms with van der Waals surface area (Å²) in [7, 11) is 1.76. The maximum atomic E-state index is 10.7. The molecule has 5 nitrogen and oxygen atoms in total. The molecule has 3 aromatic rings. The fraction of sp³-hybridized carbons (Fsp3) is 0.125. The standard InChI is InChI=1S/C16H15N3O2/c1-19(9-16(20)21)13-5-2-11(3-6-13)12-4-7-14-15(8-12)18-10-17-14/h2-8,10H,9H2,1H3,(H,17,18)(H,20,21). The van der Waals surface area contributed by atoms with Gasteiger partial charge in [-0.2, -0.15) is 0 Å². The van der Waals surface area contributed by atoms with Crippen molar-refractivity contribution in [1.82, 2.24) is 9.97 Å². The minimum Gasteiger partial charge on any atom is -0.480 e. The Morgan fingerprint density at radius 2 is 1.90 bits per heavy atom. The summed E-state index contributed by atoms with van der Waals surface area (Å²) in [6.45, 7) is -0.0144. The van der Waals surface area contributed by atoms with Crippen LogP contribution in [-0.4, -0.2) is 34.6 Å². The third kappa shape index (κ3) is 2.72. The van der Waals surface area contributed by atoms with Crippen LogP contribution in [0.25, 0.3) is 22.2 Å². The van der Waals surface area contributed by atoms with Crippen molar-refractivity contribution in [3.8, 4) is 11.1 Å². The summed E-state index contributed by atoms with van der Waals surface area (Å²) in [5.41, 5.74) is 5.00. The van der Waals surface area contributed by atoms with E-state index in [4.69, 9.17) is 5.11 Å². The van der Waals surface area contributed by atoms with E-state index in [-0.39, 0.29) is 6.54 Å². The number of nitrogens with zero attached hydrogens (tertiary/aromatic N) is 2. The van der Waals surface area contributed by atoms with Crippen molar-refractivity contribution in [3.63, 3.8) is 0 Å². The van der Waals surface area contributed by atoms with Gasteiger partial charge in [-0.05, 0) is 35.4 Å². The number of carboxylic acids is 1. The highest BCUT2D eigenvalue weighted by atomic mass is 16.4. The van der Waals surface area contributed by atoms with Crippen LogP contribution in [0.2, 0.25) is 0 Å². The van der Waals surface area contributed by atoms with Gasteiger partial charge >= 0.3 is 5.97 Å². The Morgan fingerprint density at radius 3 is 2.62 bits per heavy atom. The maximum absolute atomic E-state index is 10.7. The fourth-order valence-corrected chi connectivity index (χ4v) is 2.32. The molecule has 0 fully saturated rings. The quantitative estimate of drug-likeness (QED) is 0.771. The van der Waals surface area contributed by atoms with Crippen molar-refractivity contribution in [3.05, 3.63) is 48.8 Å². The van der Waals surface area contributed by atoms with E-state index in [9.17, 15) is 4.79 Å². The van der Waals surface area contributed by atoms with E-state index in [0.717, 1.165) is 27.8 Å². The van der Waals surface area contributed by atoms with Crippen LogP contribution in [0.3, 0.4) is 0 Å². The molecule has 1 aromatic heterocycles. The van der Waals surface area contributed by atoms with Gasteiger partial charge in [0.05, 0.1) is 17.4 Å². The van der Waals surface area contributed by atoms with Gasteiger partial charge in [0.1, 0.15) is 6.54 Å². The van der Waals surface area contributed by atoms with Crippen molar-refractivity contribution >= 4 is 22.7 Å². The Bertz CT molecular complexity index is 778.